The monoisotopic (exact) mass is 178 g/mol. The molecule has 1 aromatic heterocycles. The SMILES string of the molecule is CCc1nccc(C2COC2)c1N. The Hall–Kier alpha value is -1.09. The summed E-state index contributed by atoms with van der Waals surface area (Å²) < 4.78 is 5.14. The molecule has 1 aliphatic rings. The van der Waals surface area contributed by atoms with Crippen molar-refractivity contribution in [3.05, 3.63) is 23.5 Å². The minimum Gasteiger partial charge on any atom is -0.397 e. The Labute approximate surface area is 77.9 Å². The van der Waals surface area contributed by atoms with Crippen LogP contribution in [-0.4, -0.2) is 18.2 Å². The second kappa shape index (κ2) is 3.34. The first-order valence-corrected chi connectivity index (χ1v) is 4.64. The molecule has 0 aromatic carbocycles. The van der Waals surface area contributed by atoms with Crippen molar-refractivity contribution in [3.63, 3.8) is 0 Å². The van der Waals surface area contributed by atoms with Gasteiger partial charge in [-0.15, -0.1) is 0 Å². The van der Waals surface area contributed by atoms with E-state index in [1.165, 1.54) is 5.56 Å². The average molecular weight is 178 g/mol. The van der Waals surface area contributed by atoms with Crippen LogP contribution in [0.1, 0.15) is 24.1 Å². The number of nitrogens with zero attached hydrogens (tertiary/aromatic N) is 1. The molecule has 0 amide bonds. The minimum atomic E-state index is 0.494. The maximum Gasteiger partial charge on any atom is 0.0632 e. The van der Waals surface area contributed by atoms with Crippen LogP contribution in [0.3, 0.4) is 0 Å². The fraction of sp³-hybridized carbons (Fsp3) is 0.500. The molecular formula is C10H14N2O. The molecule has 70 valence electrons. The van der Waals surface area contributed by atoms with E-state index in [1.54, 1.807) is 0 Å². The molecule has 0 saturated carbocycles. The minimum absolute atomic E-state index is 0.494. The Morgan fingerprint density at radius 1 is 1.62 bits per heavy atom. The van der Waals surface area contributed by atoms with Crippen LogP contribution in [0, 0.1) is 0 Å². The fourth-order valence-electron chi connectivity index (χ4n) is 1.59. The van der Waals surface area contributed by atoms with Crippen LogP contribution in [0.25, 0.3) is 0 Å². The molecule has 13 heavy (non-hydrogen) atoms. The van der Waals surface area contributed by atoms with Crippen molar-refractivity contribution < 1.29 is 4.74 Å². The normalized spacial score (nSPS) is 17.0. The van der Waals surface area contributed by atoms with E-state index in [0.717, 1.165) is 31.0 Å². The smallest absolute Gasteiger partial charge is 0.0632 e. The van der Waals surface area contributed by atoms with Gasteiger partial charge in [-0.25, -0.2) is 0 Å². The molecular weight excluding hydrogens is 164 g/mol. The van der Waals surface area contributed by atoms with E-state index in [2.05, 4.69) is 11.9 Å². The van der Waals surface area contributed by atoms with Gasteiger partial charge in [0.25, 0.3) is 0 Å². The van der Waals surface area contributed by atoms with Crippen LogP contribution in [0.5, 0.6) is 0 Å². The Morgan fingerprint density at radius 2 is 2.38 bits per heavy atom. The van der Waals surface area contributed by atoms with Gasteiger partial charge in [-0.1, -0.05) is 6.92 Å². The van der Waals surface area contributed by atoms with Gasteiger partial charge in [-0.05, 0) is 18.1 Å². The largest absolute Gasteiger partial charge is 0.397 e. The highest BCUT2D eigenvalue weighted by atomic mass is 16.5. The Bertz CT molecular complexity index is 308. The summed E-state index contributed by atoms with van der Waals surface area (Å²) in [5.74, 6) is 0.494. The van der Waals surface area contributed by atoms with E-state index in [4.69, 9.17) is 10.5 Å². The van der Waals surface area contributed by atoms with Gasteiger partial charge in [-0.2, -0.15) is 0 Å². The maximum atomic E-state index is 5.99. The van der Waals surface area contributed by atoms with E-state index >= 15 is 0 Å². The lowest BCUT2D eigenvalue weighted by molar-refractivity contribution is 0.00866. The molecule has 0 aliphatic carbocycles. The lowest BCUT2D eigenvalue weighted by Gasteiger charge is -2.27. The summed E-state index contributed by atoms with van der Waals surface area (Å²) in [6.07, 6.45) is 2.73. The molecule has 2 N–H and O–H groups in total. The third kappa shape index (κ3) is 1.40. The molecule has 3 nitrogen and oxygen atoms in total. The first kappa shape index (κ1) is 8.51. The number of ether oxygens (including phenoxy) is 1. The summed E-state index contributed by atoms with van der Waals surface area (Å²) in [7, 11) is 0. The molecule has 3 heteroatoms. The van der Waals surface area contributed by atoms with Crippen LogP contribution < -0.4 is 5.73 Å². The summed E-state index contributed by atoms with van der Waals surface area (Å²) in [6.45, 7) is 3.68. The molecule has 1 aromatic rings. The van der Waals surface area contributed by atoms with Crippen molar-refractivity contribution >= 4 is 5.69 Å². The Kier molecular flexibility index (Phi) is 2.19. The second-order valence-corrected chi connectivity index (χ2v) is 3.35. The number of nitrogens with two attached hydrogens (primary N) is 1. The molecule has 1 saturated heterocycles. The summed E-state index contributed by atoms with van der Waals surface area (Å²) in [4.78, 5) is 4.23. The number of aromatic nitrogens is 1. The van der Waals surface area contributed by atoms with Crippen molar-refractivity contribution in [3.8, 4) is 0 Å². The standard InChI is InChI=1S/C10H14N2O/c1-2-9-10(11)8(3-4-12-9)7-5-13-6-7/h3-4,7H,2,5-6,11H2,1H3. The fourth-order valence-corrected chi connectivity index (χ4v) is 1.59. The van der Waals surface area contributed by atoms with Crippen LogP contribution in [-0.2, 0) is 11.2 Å². The van der Waals surface area contributed by atoms with Crippen LogP contribution in [0.15, 0.2) is 12.3 Å². The van der Waals surface area contributed by atoms with Gasteiger partial charge in [0, 0.05) is 12.1 Å². The Balaban J connectivity index is 2.33. The van der Waals surface area contributed by atoms with E-state index in [-0.39, 0.29) is 0 Å². The number of aryl methyl sites for hydroxylation is 1. The lowest BCUT2D eigenvalue weighted by Crippen LogP contribution is -2.26. The summed E-state index contributed by atoms with van der Waals surface area (Å²) in [6, 6.07) is 2.00. The van der Waals surface area contributed by atoms with Gasteiger partial charge in [0.15, 0.2) is 0 Å². The first-order chi connectivity index (χ1) is 6.33. The summed E-state index contributed by atoms with van der Waals surface area (Å²) >= 11 is 0. The summed E-state index contributed by atoms with van der Waals surface area (Å²) in [5.41, 5.74) is 9.06. The zero-order chi connectivity index (χ0) is 9.26. The predicted molar refractivity (Wildman–Crippen MR) is 51.6 cm³/mol. The van der Waals surface area contributed by atoms with Gasteiger partial charge >= 0.3 is 0 Å². The molecule has 0 spiro atoms. The van der Waals surface area contributed by atoms with Crippen molar-refractivity contribution in [1.82, 2.24) is 4.98 Å². The van der Waals surface area contributed by atoms with E-state index in [0.29, 0.717) is 5.92 Å². The van der Waals surface area contributed by atoms with Crippen molar-refractivity contribution in [2.45, 2.75) is 19.3 Å². The molecule has 0 bridgehead atoms. The third-order valence-electron chi connectivity index (χ3n) is 2.52. The highest BCUT2D eigenvalue weighted by molar-refractivity contribution is 5.52. The highest BCUT2D eigenvalue weighted by Crippen LogP contribution is 2.29. The zero-order valence-electron chi connectivity index (χ0n) is 7.79. The molecule has 0 radical (unpaired) electrons. The van der Waals surface area contributed by atoms with Gasteiger partial charge in [0.2, 0.25) is 0 Å². The topological polar surface area (TPSA) is 48.1 Å². The van der Waals surface area contributed by atoms with E-state index in [9.17, 15) is 0 Å². The van der Waals surface area contributed by atoms with E-state index in [1.807, 2.05) is 12.3 Å². The predicted octanol–water partition coefficient (Wildman–Crippen LogP) is 1.34. The molecule has 1 fully saturated rings. The number of hydrogen-bond acceptors (Lipinski definition) is 3. The number of pyridine rings is 1. The van der Waals surface area contributed by atoms with Crippen LogP contribution in [0.4, 0.5) is 5.69 Å². The van der Waals surface area contributed by atoms with Crippen molar-refractivity contribution in [1.29, 1.82) is 0 Å². The highest BCUT2D eigenvalue weighted by Gasteiger charge is 2.23. The lowest BCUT2D eigenvalue weighted by atomic mass is 9.95. The van der Waals surface area contributed by atoms with Crippen molar-refractivity contribution in [2.75, 3.05) is 18.9 Å². The quantitative estimate of drug-likeness (QED) is 0.743. The molecule has 2 heterocycles. The first-order valence-electron chi connectivity index (χ1n) is 4.64. The number of nitrogen functional groups attached to an aromatic ring is 1. The number of hydrogen-bond donors (Lipinski definition) is 1. The molecule has 0 unspecified atom stereocenters. The molecule has 1 aliphatic heterocycles. The second-order valence-electron chi connectivity index (χ2n) is 3.35. The van der Waals surface area contributed by atoms with Crippen LogP contribution >= 0.6 is 0 Å². The van der Waals surface area contributed by atoms with Gasteiger partial charge in [-0.3, -0.25) is 4.98 Å². The average Bonchev–Trinajstić information content (AvgIpc) is 2.05. The summed E-state index contributed by atoms with van der Waals surface area (Å²) in [5, 5.41) is 0. The number of rotatable bonds is 2. The van der Waals surface area contributed by atoms with Crippen LogP contribution in [0.2, 0.25) is 0 Å². The van der Waals surface area contributed by atoms with Crippen molar-refractivity contribution in [2.24, 2.45) is 0 Å². The Morgan fingerprint density at radius 3 is 2.92 bits per heavy atom. The molecule has 2 rings (SSSR count). The maximum absolute atomic E-state index is 5.99. The third-order valence-corrected chi connectivity index (χ3v) is 2.52. The zero-order valence-corrected chi connectivity index (χ0v) is 7.79. The number of anilines is 1. The van der Waals surface area contributed by atoms with E-state index < -0.39 is 0 Å². The molecule has 0 atom stereocenters. The van der Waals surface area contributed by atoms with Gasteiger partial charge in [0.1, 0.15) is 0 Å². The van der Waals surface area contributed by atoms with Gasteiger partial charge in [0.05, 0.1) is 24.6 Å². The van der Waals surface area contributed by atoms with Gasteiger partial charge < -0.3 is 10.5 Å².